The number of imide groups is 1. The van der Waals surface area contributed by atoms with Crippen molar-refractivity contribution < 1.29 is 9.59 Å². The van der Waals surface area contributed by atoms with Crippen LogP contribution in [0, 0.1) is 0 Å². The summed E-state index contributed by atoms with van der Waals surface area (Å²) >= 11 is 0.873. The van der Waals surface area contributed by atoms with E-state index in [0.29, 0.717) is 16.5 Å². The fourth-order valence-corrected chi connectivity index (χ4v) is 2.07. The molecule has 7 heteroatoms. The molecule has 2 N–H and O–H groups in total. The lowest BCUT2D eigenvalue weighted by Gasteiger charge is -2.10. The highest BCUT2D eigenvalue weighted by Crippen LogP contribution is 2.25. The molecule has 1 aromatic heterocycles. The van der Waals surface area contributed by atoms with Crippen LogP contribution in [0.3, 0.4) is 0 Å². The second-order valence-corrected chi connectivity index (χ2v) is 5.13. The lowest BCUT2D eigenvalue weighted by atomic mass is 10.3. The zero-order valence-electron chi connectivity index (χ0n) is 10.6. The molecule has 2 rings (SSSR count). The van der Waals surface area contributed by atoms with Gasteiger partial charge in [-0.1, -0.05) is 6.92 Å². The number of rotatable bonds is 4. The Morgan fingerprint density at radius 1 is 1.53 bits per heavy atom. The first-order valence-corrected chi connectivity index (χ1v) is 6.74. The van der Waals surface area contributed by atoms with Gasteiger partial charge in [0.1, 0.15) is 0 Å². The molecule has 0 radical (unpaired) electrons. The molecule has 1 aromatic rings. The van der Waals surface area contributed by atoms with Gasteiger partial charge in [0.05, 0.1) is 10.6 Å². The highest BCUT2D eigenvalue weighted by Gasteiger charge is 2.25. The topological polar surface area (TPSA) is 84.0 Å². The Morgan fingerprint density at radius 2 is 2.32 bits per heavy atom. The van der Waals surface area contributed by atoms with Crippen LogP contribution < -0.4 is 10.6 Å². The third kappa shape index (κ3) is 3.54. The standard InChI is InChI=1S/C12H14N4O2S/c1-3-7(2)14-11-13-5-4-8(15-11)6-9-10(17)16-12(18)19-9/h4-7H,3H2,1-2H3,(H,13,14,15)(H,16,17,18). The summed E-state index contributed by atoms with van der Waals surface area (Å²) in [7, 11) is 0. The first kappa shape index (κ1) is 13.5. The molecule has 100 valence electrons. The maximum absolute atomic E-state index is 11.4. The summed E-state index contributed by atoms with van der Waals surface area (Å²) in [6.07, 6.45) is 4.15. The Hall–Kier alpha value is -1.89. The van der Waals surface area contributed by atoms with Gasteiger partial charge in [-0.15, -0.1) is 0 Å². The van der Waals surface area contributed by atoms with Crippen LogP contribution in [0.2, 0.25) is 0 Å². The normalized spacial score (nSPS) is 18.5. The third-order valence-electron chi connectivity index (χ3n) is 2.59. The van der Waals surface area contributed by atoms with Crippen LogP contribution in [0.25, 0.3) is 6.08 Å². The van der Waals surface area contributed by atoms with Crippen molar-refractivity contribution in [2.75, 3.05) is 5.32 Å². The van der Waals surface area contributed by atoms with E-state index in [1.807, 2.05) is 6.92 Å². The molecule has 0 aromatic carbocycles. The molecule has 2 heterocycles. The van der Waals surface area contributed by atoms with Gasteiger partial charge < -0.3 is 5.32 Å². The number of hydrogen-bond donors (Lipinski definition) is 2. The molecule has 1 saturated heterocycles. The van der Waals surface area contributed by atoms with Gasteiger partial charge >= 0.3 is 0 Å². The third-order valence-corrected chi connectivity index (χ3v) is 3.40. The zero-order valence-corrected chi connectivity index (χ0v) is 11.5. The summed E-state index contributed by atoms with van der Waals surface area (Å²) in [6, 6.07) is 1.96. The van der Waals surface area contributed by atoms with Gasteiger partial charge in [0.2, 0.25) is 5.95 Å². The summed E-state index contributed by atoms with van der Waals surface area (Å²) in [4.78, 5) is 31.2. The van der Waals surface area contributed by atoms with Crippen molar-refractivity contribution in [1.82, 2.24) is 15.3 Å². The average molecular weight is 278 g/mol. The summed E-state index contributed by atoms with van der Waals surface area (Å²) in [6.45, 7) is 4.10. The molecule has 0 spiro atoms. The number of nitrogens with zero attached hydrogens (tertiary/aromatic N) is 2. The molecule has 1 fully saturated rings. The number of amides is 2. The molecule has 1 aliphatic heterocycles. The van der Waals surface area contributed by atoms with E-state index in [1.54, 1.807) is 18.3 Å². The van der Waals surface area contributed by atoms with Crippen molar-refractivity contribution in [3.05, 3.63) is 22.9 Å². The van der Waals surface area contributed by atoms with Gasteiger partial charge in [0.15, 0.2) is 0 Å². The fourth-order valence-electron chi connectivity index (χ4n) is 1.40. The van der Waals surface area contributed by atoms with Crippen LogP contribution >= 0.6 is 11.8 Å². The SMILES string of the molecule is CCC(C)Nc1nccc(C=C2SC(=O)NC2=O)n1. The van der Waals surface area contributed by atoms with Gasteiger partial charge in [0, 0.05) is 12.2 Å². The highest BCUT2D eigenvalue weighted by atomic mass is 32.2. The minimum atomic E-state index is -0.384. The quantitative estimate of drug-likeness (QED) is 0.820. The van der Waals surface area contributed by atoms with Crippen molar-refractivity contribution in [2.24, 2.45) is 0 Å². The summed E-state index contributed by atoms with van der Waals surface area (Å²) < 4.78 is 0. The number of carbonyl (C=O) groups excluding carboxylic acids is 2. The van der Waals surface area contributed by atoms with Gasteiger partial charge in [-0.2, -0.15) is 0 Å². The number of aromatic nitrogens is 2. The van der Waals surface area contributed by atoms with Crippen molar-refractivity contribution in [2.45, 2.75) is 26.3 Å². The van der Waals surface area contributed by atoms with E-state index < -0.39 is 0 Å². The van der Waals surface area contributed by atoms with Crippen LogP contribution in [0.4, 0.5) is 10.7 Å². The summed E-state index contributed by atoms with van der Waals surface area (Å²) in [5.41, 5.74) is 0.591. The molecule has 0 saturated carbocycles. The molecule has 2 amide bonds. The van der Waals surface area contributed by atoms with Crippen molar-refractivity contribution in [1.29, 1.82) is 0 Å². The smallest absolute Gasteiger partial charge is 0.290 e. The van der Waals surface area contributed by atoms with E-state index in [2.05, 4.69) is 27.5 Å². The maximum Gasteiger partial charge on any atom is 0.290 e. The maximum atomic E-state index is 11.4. The van der Waals surface area contributed by atoms with E-state index >= 15 is 0 Å². The minimum absolute atomic E-state index is 0.272. The molecule has 1 aliphatic rings. The van der Waals surface area contributed by atoms with E-state index in [0.717, 1.165) is 18.2 Å². The molecular formula is C12H14N4O2S. The second-order valence-electron chi connectivity index (χ2n) is 4.11. The Labute approximate surface area is 115 Å². The predicted octanol–water partition coefficient (Wildman–Crippen LogP) is 2.01. The van der Waals surface area contributed by atoms with E-state index in [1.165, 1.54) is 0 Å². The van der Waals surface area contributed by atoms with E-state index in [9.17, 15) is 9.59 Å². The number of hydrogen-bond acceptors (Lipinski definition) is 6. The highest BCUT2D eigenvalue weighted by molar-refractivity contribution is 8.18. The van der Waals surface area contributed by atoms with Gasteiger partial charge in [-0.25, -0.2) is 9.97 Å². The first-order chi connectivity index (χ1) is 9.08. The molecule has 0 bridgehead atoms. The average Bonchev–Trinajstić information content (AvgIpc) is 2.68. The first-order valence-electron chi connectivity index (χ1n) is 5.93. The molecule has 1 unspecified atom stereocenters. The monoisotopic (exact) mass is 278 g/mol. The molecular weight excluding hydrogens is 264 g/mol. The Balaban J connectivity index is 2.17. The molecule has 19 heavy (non-hydrogen) atoms. The number of nitrogens with one attached hydrogen (secondary N) is 2. The summed E-state index contributed by atoms with van der Waals surface area (Å²) in [5.74, 6) is 0.128. The number of carbonyl (C=O) groups is 2. The van der Waals surface area contributed by atoms with Crippen LogP contribution in [-0.4, -0.2) is 27.2 Å². The van der Waals surface area contributed by atoms with Crippen molar-refractivity contribution >= 4 is 34.9 Å². The predicted molar refractivity (Wildman–Crippen MR) is 74.5 cm³/mol. The van der Waals surface area contributed by atoms with Crippen LogP contribution in [0.15, 0.2) is 17.2 Å². The largest absolute Gasteiger partial charge is 0.352 e. The lowest BCUT2D eigenvalue weighted by molar-refractivity contribution is -0.115. The second kappa shape index (κ2) is 5.83. The molecule has 1 atom stereocenters. The van der Waals surface area contributed by atoms with Crippen LogP contribution in [-0.2, 0) is 4.79 Å². The lowest BCUT2D eigenvalue weighted by Crippen LogP contribution is -2.18. The molecule has 6 nitrogen and oxygen atoms in total. The van der Waals surface area contributed by atoms with Crippen molar-refractivity contribution in [3.63, 3.8) is 0 Å². The minimum Gasteiger partial charge on any atom is -0.352 e. The number of thioether (sulfide) groups is 1. The van der Waals surface area contributed by atoms with Crippen molar-refractivity contribution in [3.8, 4) is 0 Å². The van der Waals surface area contributed by atoms with Crippen LogP contribution in [0.1, 0.15) is 26.0 Å². The fraction of sp³-hybridized carbons (Fsp3) is 0.333. The van der Waals surface area contributed by atoms with Gasteiger partial charge in [-0.3, -0.25) is 14.9 Å². The Kier molecular flexibility index (Phi) is 4.16. The molecule has 0 aliphatic carbocycles. The Morgan fingerprint density at radius 3 is 2.95 bits per heavy atom. The van der Waals surface area contributed by atoms with Gasteiger partial charge in [0.25, 0.3) is 11.1 Å². The zero-order chi connectivity index (χ0) is 13.8. The Bertz CT molecular complexity index is 544. The van der Waals surface area contributed by atoms with E-state index in [-0.39, 0.29) is 17.2 Å². The summed E-state index contributed by atoms with van der Waals surface area (Å²) in [5, 5.41) is 4.99. The van der Waals surface area contributed by atoms with E-state index in [4.69, 9.17) is 0 Å². The van der Waals surface area contributed by atoms with Crippen LogP contribution in [0.5, 0.6) is 0 Å². The number of anilines is 1. The van der Waals surface area contributed by atoms with Gasteiger partial charge in [-0.05, 0) is 37.2 Å².